The largest absolute Gasteiger partial charge is 0.457 e. The van der Waals surface area contributed by atoms with Crippen LogP contribution >= 0.6 is 0 Å². The van der Waals surface area contributed by atoms with Crippen LogP contribution in [0.1, 0.15) is 132 Å². The number of nitrogens with zero attached hydrogens (tertiary/aromatic N) is 4. The van der Waals surface area contributed by atoms with Crippen LogP contribution in [0.3, 0.4) is 0 Å². The zero-order valence-electron chi connectivity index (χ0n) is 47.5. The van der Waals surface area contributed by atoms with Crippen molar-refractivity contribution in [3.63, 3.8) is 0 Å². The second kappa shape index (κ2) is 18.9. The molecule has 402 valence electrons. The zero-order valence-corrected chi connectivity index (χ0v) is 47.5. The maximum atomic E-state index is 16.7. The van der Waals surface area contributed by atoms with Gasteiger partial charge in [-0.15, -0.1) is 0 Å². The van der Waals surface area contributed by atoms with Crippen LogP contribution in [0.5, 0.6) is 11.5 Å². The van der Waals surface area contributed by atoms with Crippen LogP contribution in [-0.4, -0.2) is 16.2 Å². The molecule has 0 aliphatic carbocycles. The summed E-state index contributed by atoms with van der Waals surface area (Å²) in [5.41, 5.74) is 7.76. The molecule has 0 atom stereocenters. The summed E-state index contributed by atoms with van der Waals surface area (Å²) in [7, 11) is 0. The van der Waals surface area contributed by atoms with Crippen LogP contribution in [-0.2, 0) is 27.1 Å². The number of fused-ring (bicyclic) bond motifs is 4. The van der Waals surface area contributed by atoms with Crippen molar-refractivity contribution in [3.8, 4) is 39.6 Å². The number of para-hydroxylation sites is 3. The van der Waals surface area contributed by atoms with Gasteiger partial charge in [-0.05, 0) is 127 Å². The van der Waals surface area contributed by atoms with E-state index in [1.54, 1.807) is 6.07 Å². The molecule has 3 heterocycles. The van der Waals surface area contributed by atoms with Crippen molar-refractivity contribution in [2.45, 2.75) is 131 Å². The molecule has 7 aromatic carbocycles. The lowest BCUT2D eigenvalue weighted by Crippen LogP contribution is -2.26. The highest BCUT2D eigenvalue weighted by Crippen LogP contribution is 2.54. The lowest BCUT2D eigenvalue weighted by atomic mass is 9.77. The highest BCUT2D eigenvalue weighted by Gasteiger charge is 2.37. The third kappa shape index (κ3) is 9.70. The van der Waals surface area contributed by atoms with Gasteiger partial charge in [-0.25, -0.2) is 26.9 Å². The smallest absolute Gasteiger partial charge is 0.200 e. The monoisotopic (exact) mass is 1050 g/mol. The first-order chi connectivity index (χ1) is 36.4. The minimum atomic E-state index is -2.21. The normalized spacial score (nSPS) is 13.5. The number of hydrogen-bond donors (Lipinski definition) is 0. The summed E-state index contributed by atoms with van der Waals surface area (Å²) in [5.74, 6) is -8.04. The van der Waals surface area contributed by atoms with E-state index in [2.05, 4.69) is 159 Å². The number of hydrogen-bond acceptors (Lipinski definition) is 4. The topological polar surface area (TPSA) is 33.5 Å². The molecule has 78 heavy (non-hydrogen) atoms. The van der Waals surface area contributed by atoms with Crippen LogP contribution in [0.25, 0.3) is 49.9 Å². The number of halogens is 5. The third-order valence-corrected chi connectivity index (χ3v) is 15.2. The molecule has 10 rings (SSSR count). The van der Waals surface area contributed by atoms with E-state index in [4.69, 9.17) is 9.72 Å². The molecule has 0 fully saturated rings. The second-order valence-electron chi connectivity index (χ2n) is 26.2. The van der Waals surface area contributed by atoms with Crippen LogP contribution < -0.4 is 14.5 Å². The van der Waals surface area contributed by atoms with Crippen molar-refractivity contribution in [1.82, 2.24) is 9.55 Å². The van der Waals surface area contributed by atoms with Crippen LogP contribution in [0.15, 0.2) is 134 Å². The maximum absolute atomic E-state index is 16.7. The summed E-state index contributed by atoms with van der Waals surface area (Å²) >= 11 is 0. The van der Waals surface area contributed by atoms with Gasteiger partial charge in [0.1, 0.15) is 24.0 Å². The van der Waals surface area contributed by atoms with E-state index in [0.29, 0.717) is 34.0 Å². The molecule has 0 unspecified atom stereocenters. The predicted octanol–water partition coefficient (Wildman–Crippen LogP) is 19.7. The van der Waals surface area contributed by atoms with E-state index in [-0.39, 0.29) is 33.9 Å². The fourth-order valence-electron chi connectivity index (χ4n) is 10.5. The van der Waals surface area contributed by atoms with E-state index in [1.165, 1.54) is 0 Å². The Kier molecular flexibility index (Phi) is 13.1. The Hall–Kier alpha value is -7.46. The molecule has 0 amide bonds. The Morgan fingerprint density at radius 1 is 0.423 bits per heavy atom. The molecule has 0 bridgehead atoms. The molecule has 0 radical (unpaired) electrons. The van der Waals surface area contributed by atoms with E-state index in [9.17, 15) is 4.39 Å². The standard InChI is InChI=1S/C68H69F5N4O/c1-64(2,3)40-26-27-74-56(35-40)77-52-21-17-16-20-48(52)49-25-24-46(37-55(49)77)78-47-32-43(67(10,11)12)31-45(36-47)75-38-76(54-23-19-18-22-53(54)75)63-50(39-28-41(65(4,5)6)30-42(29-39)66(7,8)9)33-44(68(13,14)15)34-51(63)57-58(69)60(71)62(73)61(72)59(57)70/h16-37H,38H2,1-15H3. The number of aromatic nitrogens is 2. The van der Waals surface area contributed by atoms with E-state index in [0.717, 1.165) is 66.8 Å². The fourth-order valence-corrected chi connectivity index (χ4v) is 10.5. The zero-order chi connectivity index (χ0) is 56.3. The van der Waals surface area contributed by atoms with Crippen molar-refractivity contribution in [3.05, 3.63) is 190 Å². The fraction of sp³-hybridized carbons (Fsp3) is 0.309. The molecule has 0 spiro atoms. The van der Waals surface area contributed by atoms with Gasteiger partial charge in [0, 0.05) is 45.9 Å². The van der Waals surface area contributed by atoms with E-state index in [1.807, 2.05) is 86.5 Å². The highest BCUT2D eigenvalue weighted by molar-refractivity contribution is 6.09. The van der Waals surface area contributed by atoms with Crippen molar-refractivity contribution >= 4 is 44.6 Å². The van der Waals surface area contributed by atoms with Gasteiger partial charge in [-0.2, -0.15) is 0 Å². The molecule has 0 saturated carbocycles. The summed E-state index contributed by atoms with van der Waals surface area (Å²) in [6.45, 7) is 31.8. The molecule has 9 aromatic rings. The average Bonchev–Trinajstić information content (AvgIpc) is 3.92. The van der Waals surface area contributed by atoms with Gasteiger partial charge in [0.05, 0.1) is 33.7 Å². The minimum Gasteiger partial charge on any atom is -0.457 e. The molecule has 5 nitrogen and oxygen atoms in total. The van der Waals surface area contributed by atoms with E-state index < -0.39 is 40.1 Å². The van der Waals surface area contributed by atoms with Crippen molar-refractivity contribution in [2.24, 2.45) is 0 Å². The third-order valence-electron chi connectivity index (χ3n) is 15.2. The van der Waals surface area contributed by atoms with Crippen molar-refractivity contribution < 1.29 is 26.7 Å². The molecule has 1 aliphatic rings. The van der Waals surface area contributed by atoms with Crippen LogP contribution in [0.2, 0.25) is 0 Å². The summed E-state index contributed by atoms with van der Waals surface area (Å²) in [4.78, 5) is 8.95. The van der Waals surface area contributed by atoms with Crippen molar-refractivity contribution in [2.75, 3.05) is 16.5 Å². The Bertz CT molecular complexity index is 3790. The predicted molar refractivity (Wildman–Crippen MR) is 311 cm³/mol. The van der Waals surface area contributed by atoms with Gasteiger partial charge in [0.2, 0.25) is 5.82 Å². The molecule has 1 aliphatic heterocycles. The van der Waals surface area contributed by atoms with Gasteiger partial charge in [0.15, 0.2) is 23.3 Å². The highest BCUT2D eigenvalue weighted by atomic mass is 19.2. The number of anilines is 4. The van der Waals surface area contributed by atoms with Gasteiger partial charge >= 0.3 is 0 Å². The SMILES string of the molecule is CC(C)(C)c1cc(Oc2ccc3c4ccccc4n(-c4cc(C(C)(C)C)ccn4)c3c2)cc(N2CN(c3c(-c4cc(C(C)(C)C)cc(C(C)(C)C)c4)cc(C(C)(C)C)cc3-c3c(F)c(F)c(F)c(F)c3F)c3ccccc32)c1. The number of ether oxygens (including phenoxy) is 1. The van der Waals surface area contributed by atoms with Crippen LogP contribution in [0.4, 0.5) is 44.7 Å². The van der Waals surface area contributed by atoms with Gasteiger partial charge in [-0.3, -0.25) is 4.57 Å². The molecule has 0 saturated heterocycles. The van der Waals surface area contributed by atoms with Gasteiger partial charge in [-0.1, -0.05) is 152 Å². The first kappa shape index (κ1) is 53.9. The molecular formula is C68H69F5N4O. The Balaban J connectivity index is 1.18. The second-order valence-corrected chi connectivity index (χ2v) is 26.2. The maximum Gasteiger partial charge on any atom is 0.200 e. The quantitative estimate of drug-likeness (QED) is 0.0905. The lowest BCUT2D eigenvalue weighted by Gasteiger charge is -2.32. The summed E-state index contributed by atoms with van der Waals surface area (Å²) in [5, 5.41) is 2.14. The summed E-state index contributed by atoms with van der Waals surface area (Å²) in [6.07, 6.45) is 1.86. The molecule has 10 heteroatoms. The van der Waals surface area contributed by atoms with Crippen molar-refractivity contribution in [1.29, 1.82) is 0 Å². The Morgan fingerprint density at radius 3 is 1.54 bits per heavy atom. The first-order valence-electron chi connectivity index (χ1n) is 26.7. The Morgan fingerprint density at radius 2 is 0.936 bits per heavy atom. The lowest BCUT2D eigenvalue weighted by molar-refractivity contribution is 0.381. The number of rotatable bonds is 7. The minimum absolute atomic E-state index is 0.0917. The average molecular weight is 1050 g/mol. The Labute approximate surface area is 456 Å². The first-order valence-corrected chi connectivity index (χ1v) is 26.7. The summed E-state index contributed by atoms with van der Waals surface area (Å²) < 4.78 is 88.9. The van der Waals surface area contributed by atoms with Gasteiger partial charge < -0.3 is 14.5 Å². The van der Waals surface area contributed by atoms with E-state index >= 15 is 17.6 Å². The van der Waals surface area contributed by atoms with Crippen LogP contribution in [0, 0.1) is 29.1 Å². The summed E-state index contributed by atoms with van der Waals surface area (Å²) in [6, 6.07) is 42.5. The molecule has 2 aromatic heterocycles. The van der Waals surface area contributed by atoms with Gasteiger partial charge in [0.25, 0.3) is 0 Å². The number of benzene rings is 7. The number of pyridine rings is 1. The molecular weight excluding hydrogens is 984 g/mol. The molecule has 0 N–H and O–H groups in total.